The lowest BCUT2D eigenvalue weighted by Crippen LogP contribution is -2.22. The number of thioether (sulfide) groups is 1. The molecule has 3 rings (SSSR count). The highest BCUT2D eigenvalue weighted by Crippen LogP contribution is 2.23. The molecule has 0 radical (unpaired) electrons. The van der Waals surface area contributed by atoms with Gasteiger partial charge in [0.05, 0.1) is 5.25 Å². The maximum atomic E-state index is 12.2. The summed E-state index contributed by atoms with van der Waals surface area (Å²) in [5.74, 6) is 0.621. The molecule has 0 saturated heterocycles. The van der Waals surface area contributed by atoms with Crippen LogP contribution in [0, 0.1) is 0 Å². The summed E-state index contributed by atoms with van der Waals surface area (Å²) in [5.41, 5.74) is 1.75. The van der Waals surface area contributed by atoms with Gasteiger partial charge < -0.3 is 5.32 Å². The SMILES string of the molecule is C[C@@H](Sc1n[nH]c(-c2ccccc2)n1)C(=O)Nc1ccccc1. The van der Waals surface area contributed by atoms with Crippen molar-refractivity contribution in [3.05, 3.63) is 60.7 Å². The number of para-hydroxylation sites is 1. The van der Waals surface area contributed by atoms with Crippen LogP contribution in [0.3, 0.4) is 0 Å². The van der Waals surface area contributed by atoms with Gasteiger partial charge in [0.1, 0.15) is 0 Å². The van der Waals surface area contributed by atoms with E-state index in [1.54, 1.807) is 0 Å². The van der Waals surface area contributed by atoms with E-state index < -0.39 is 0 Å². The number of hydrogen-bond acceptors (Lipinski definition) is 4. The van der Waals surface area contributed by atoms with Crippen molar-refractivity contribution in [2.75, 3.05) is 5.32 Å². The van der Waals surface area contributed by atoms with Crippen LogP contribution in [0.5, 0.6) is 0 Å². The van der Waals surface area contributed by atoms with E-state index in [-0.39, 0.29) is 11.2 Å². The first kappa shape index (κ1) is 15.3. The smallest absolute Gasteiger partial charge is 0.237 e. The minimum Gasteiger partial charge on any atom is -0.325 e. The predicted octanol–water partition coefficient (Wildman–Crippen LogP) is 3.59. The van der Waals surface area contributed by atoms with E-state index in [1.807, 2.05) is 67.6 Å². The van der Waals surface area contributed by atoms with Crippen LogP contribution in [0.4, 0.5) is 5.69 Å². The number of benzene rings is 2. The van der Waals surface area contributed by atoms with Crippen LogP contribution >= 0.6 is 11.8 Å². The number of amides is 1. The van der Waals surface area contributed by atoms with Gasteiger partial charge in [-0.1, -0.05) is 60.3 Å². The summed E-state index contributed by atoms with van der Waals surface area (Å²) in [6.07, 6.45) is 0. The lowest BCUT2D eigenvalue weighted by Gasteiger charge is -2.09. The topological polar surface area (TPSA) is 70.7 Å². The summed E-state index contributed by atoms with van der Waals surface area (Å²) < 4.78 is 0. The molecule has 23 heavy (non-hydrogen) atoms. The summed E-state index contributed by atoms with van der Waals surface area (Å²) >= 11 is 1.32. The van der Waals surface area contributed by atoms with Gasteiger partial charge in [-0.3, -0.25) is 9.89 Å². The Balaban J connectivity index is 1.63. The Kier molecular flexibility index (Phi) is 4.73. The lowest BCUT2D eigenvalue weighted by atomic mass is 10.2. The summed E-state index contributed by atoms with van der Waals surface area (Å²) in [4.78, 5) is 16.6. The van der Waals surface area contributed by atoms with Crippen molar-refractivity contribution in [3.8, 4) is 11.4 Å². The van der Waals surface area contributed by atoms with Crippen LogP contribution in [0.1, 0.15) is 6.92 Å². The molecule has 0 fully saturated rings. The fraction of sp³-hybridized carbons (Fsp3) is 0.118. The molecule has 0 bridgehead atoms. The van der Waals surface area contributed by atoms with Crippen molar-refractivity contribution < 1.29 is 4.79 Å². The lowest BCUT2D eigenvalue weighted by molar-refractivity contribution is -0.115. The third kappa shape index (κ3) is 3.98. The van der Waals surface area contributed by atoms with Gasteiger partial charge >= 0.3 is 0 Å². The van der Waals surface area contributed by atoms with Gasteiger partial charge in [-0.15, -0.1) is 5.10 Å². The first-order chi connectivity index (χ1) is 11.2. The second-order valence-electron chi connectivity index (χ2n) is 4.95. The number of hydrogen-bond donors (Lipinski definition) is 2. The predicted molar refractivity (Wildman–Crippen MR) is 92.2 cm³/mol. The van der Waals surface area contributed by atoms with E-state index in [2.05, 4.69) is 20.5 Å². The molecule has 2 N–H and O–H groups in total. The molecule has 1 heterocycles. The van der Waals surface area contributed by atoms with Gasteiger partial charge in [-0.25, -0.2) is 4.98 Å². The van der Waals surface area contributed by atoms with Gasteiger partial charge in [0, 0.05) is 11.3 Å². The number of aromatic amines is 1. The highest BCUT2D eigenvalue weighted by atomic mass is 32.2. The maximum Gasteiger partial charge on any atom is 0.237 e. The molecule has 0 saturated carbocycles. The van der Waals surface area contributed by atoms with Gasteiger partial charge in [0.25, 0.3) is 0 Å². The number of anilines is 1. The van der Waals surface area contributed by atoms with E-state index in [9.17, 15) is 4.79 Å². The Morgan fingerprint density at radius 3 is 2.43 bits per heavy atom. The molecule has 116 valence electrons. The zero-order valence-corrected chi connectivity index (χ0v) is 13.4. The van der Waals surface area contributed by atoms with Crippen LogP contribution in [-0.2, 0) is 4.79 Å². The molecule has 1 amide bonds. The van der Waals surface area contributed by atoms with Crippen LogP contribution < -0.4 is 5.32 Å². The van der Waals surface area contributed by atoms with Crippen LogP contribution in [-0.4, -0.2) is 26.3 Å². The van der Waals surface area contributed by atoms with Crippen LogP contribution in [0.15, 0.2) is 65.8 Å². The second-order valence-corrected chi connectivity index (χ2v) is 6.26. The first-order valence-corrected chi connectivity index (χ1v) is 8.11. The van der Waals surface area contributed by atoms with Gasteiger partial charge in [-0.05, 0) is 19.1 Å². The van der Waals surface area contributed by atoms with Gasteiger partial charge in [0.15, 0.2) is 5.82 Å². The fourth-order valence-corrected chi connectivity index (χ4v) is 2.73. The molecule has 0 aliphatic rings. The Labute approximate surface area is 138 Å². The zero-order chi connectivity index (χ0) is 16.1. The average Bonchev–Trinajstić information content (AvgIpc) is 3.05. The number of carbonyl (C=O) groups is 1. The van der Waals surface area contributed by atoms with Crippen molar-refractivity contribution in [1.82, 2.24) is 15.2 Å². The standard InChI is InChI=1S/C17H16N4OS/c1-12(16(22)18-14-10-6-3-7-11-14)23-17-19-15(20-21-17)13-8-4-2-5-9-13/h2-12H,1H3,(H,18,22)(H,19,20,21)/t12-/m1/s1. The zero-order valence-electron chi connectivity index (χ0n) is 12.6. The molecule has 6 heteroatoms. The normalized spacial score (nSPS) is 11.9. The van der Waals surface area contributed by atoms with Crippen molar-refractivity contribution in [3.63, 3.8) is 0 Å². The third-order valence-corrected chi connectivity index (χ3v) is 4.17. The van der Waals surface area contributed by atoms with Crippen LogP contribution in [0.25, 0.3) is 11.4 Å². The Hall–Kier alpha value is -2.60. The average molecular weight is 324 g/mol. The van der Waals surface area contributed by atoms with Crippen molar-refractivity contribution in [1.29, 1.82) is 0 Å². The molecule has 0 aliphatic heterocycles. The number of nitrogens with zero attached hydrogens (tertiary/aromatic N) is 2. The molecule has 3 aromatic rings. The Morgan fingerprint density at radius 1 is 1.09 bits per heavy atom. The summed E-state index contributed by atoms with van der Waals surface area (Å²) in [7, 11) is 0. The van der Waals surface area contributed by atoms with E-state index in [4.69, 9.17) is 0 Å². The third-order valence-electron chi connectivity index (χ3n) is 3.20. The Morgan fingerprint density at radius 2 is 1.74 bits per heavy atom. The molecule has 1 atom stereocenters. The molecular weight excluding hydrogens is 308 g/mol. The van der Waals surface area contributed by atoms with E-state index >= 15 is 0 Å². The summed E-state index contributed by atoms with van der Waals surface area (Å²) in [6, 6.07) is 19.1. The molecule has 0 aliphatic carbocycles. The maximum absolute atomic E-state index is 12.2. The van der Waals surface area contributed by atoms with Gasteiger partial charge in [0.2, 0.25) is 11.1 Å². The molecule has 0 unspecified atom stereocenters. The molecule has 0 spiro atoms. The minimum atomic E-state index is -0.297. The monoisotopic (exact) mass is 324 g/mol. The first-order valence-electron chi connectivity index (χ1n) is 7.23. The Bertz CT molecular complexity index is 774. The van der Waals surface area contributed by atoms with Crippen molar-refractivity contribution in [2.24, 2.45) is 0 Å². The molecule has 2 aromatic carbocycles. The summed E-state index contributed by atoms with van der Waals surface area (Å²) in [6.45, 7) is 1.83. The van der Waals surface area contributed by atoms with Crippen molar-refractivity contribution >= 4 is 23.4 Å². The quantitative estimate of drug-likeness (QED) is 0.704. The number of nitrogens with one attached hydrogen (secondary N) is 2. The highest BCUT2D eigenvalue weighted by Gasteiger charge is 2.17. The number of aromatic nitrogens is 3. The summed E-state index contributed by atoms with van der Waals surface area (Å²) in [5, 5.41) is 10.2. The number of H-pyrrole nitrogens is 1. The fourth-order valence-electron chi connectivity index (χ4n) is 2.00. The van der Waals surface area contributed by atoms with E-state index in [1.165, 1.54) is 11.8 Å². The molecule has 5 nitrogen and oxygen atoms in total. The van der Waals surface area contributed by atoms with E-state index in [0.717, 1.165) is 11.3 Å². The van der Waals surface area contributed by atoms with Crippen molar-refractivity contribution in [2.45, 2.75) is 17.3 Å². The molecule has 1 aromatic heterocycles. The molecular formula is C17H16N4OS. The number of rotatable bonds is 5. The largest absolute Gasteiger partial charge is 0.325 e. The van der Waals surface area contributed by atoms with Gasteiger partial charge in [-0.2, -0.15) is 0 Å². The highest BCUT2D eigenvalue weighted by molar-refractivity contribution is 8.00. The second kappa shape index (κ2) is 7.11. The van der Waals surface area contributed by atoms with Crippen LogP contribution in [0.2, 0.25) is 0 Å². The van der Waals surface area contributed by atoms with E-state index in [0.29, 0.717) is 11.0 Å². The number of carbonyl (C=O) groups excluding carboxylic acids is 1. The minimum absolute atomic E-state index is 0.0766.